The highest BCUT2D eigenvalue weighted by atomic mass is 19.4. The fourth-order valence-corrected chi connectivity index (χ4v) is 4.13. The molecule has 35 heavy (non-hydrogen) atoms. The molecule has 1 atom stereocenters. The van der Waals surface area contributed by atoms with Crippen LogP contribution in [0.4, 0.5) is 13.2 Å². The first-order valence-electron chi connectivity index (χ1n) is 11.2. The number of ether oxygens (including phenoxy) is 1. The first kappa shape index (κ1) is 24.3. The van der Waals surface area contributed by atoms with Gasteiger partial charge in [-0.3, -0.25) is 4.79 Å². The number of aromatic amines is 1. The van der Waals surface area contributed by atoms with Crippen molar-refractivity contribution in [1.29, 1.82) is 0 Å². The molecule has 0 spiro atoms. The maximum absolute atomic E-state index is 13.6. The SMILES string of the molecule is CCOc1ccc(-c2ccccc2C(F)(F)F)cc1C(=O)NC(CO)Cc1c[nH]c2ccccc12. The zero-order chi connectivity index (χ0) is 25.0. The first-order chi connectivity index (χ1) is 16.8. The van der Waals surface area contributed by atoms with Gasteiger partial charge in [0.05, 0.1) is 30.4 Å². The van der Waals surface area contributed by atoms with Crippen LogP contribution in [0.25, 0.3) is 22.0 Å². The minimum absolute atomic E-state index is 0.0328. The predicted molar refractivity (Wildman–Crippen MR) is 128 cm³/mol. The second-order valence-electron chi connectivity index (χ2n) is 8.10. The number of para-hydroxylation sites is 1. The lowest BCUT2D eigenvalue weighted by atomic mass is 9.97. The molecule has 1 unspecified atom stereocenters. The Kier molecular flexibility index (Phi) is 7.12. The molecule has 1 aromatic heterocycles. The summed E-state index contributed by atoms with van der Waals surface area (Å²) >= 11 is 0. The lowest BCUT2D eigenvalue weighted by Crippen LogP contribution is -2.39. The molecule has 0 aliphatic rings. The summed E-state index contributed by atoms with van der Waals surface area (Å²) in [5.74, 6) is -0.291. The van der Waals surface area contributed by atoms with Gasteiger partial charge >= 0.3 is 6.18 Å². The Hall–Kier alpha value is -3.78. The third kappa shape index (κ3) is 5.33. The number of benzene rings is 3. The van der Waals surface area contributed by atoms with E-state index in [0.29, 0.717) is 6.42 Å². The number of halogens is 3. The van der Waals surface area contributed by atoms with Gasteiger partial charge in [-0.25, -0.2) is 0 Å². The molecule has 0 bridgehead atoms. The zero-order valence-corrected chi connectivity index (χ0v) is 19.0. The molecule has 3 aromatic carbocycles. The van der Waals surface area contributed by atoms with Gasteiger partial charge in [-0.15, -0.1) is 0 Å². The monoisotopic (exact) mass is 482 g/mol. The number of rotatable bonds is 8. The third-order valence-electron chi connectivity index (χ3n) is 5.76. The fourth-order valence-electron chi connectivity index (χ4n) is 4.13. The standard InChI is InChI=1S/C27H25F3N2O3/c1-2-35-25-12-11-17(20-7-3-5-9-23(20)27(28,29)30)14-22(25)26(34)32-19(16-33)13-18-15-31-24-10-6-4-8-21(18)24/h3-12,14-15,19,31,33H,2,13,16H2,1H3,(H,32,34). The topological polar surface area (TPSA) is 74.3 Å². The molecule has 1 heterocycles. The molecular formula is C27H25F3N2O3. The van der Waals surface area contributed by atoms with Crippen molar-refractivity contribution >= 4 is 16.8 Å². The summed E-state index contributed by atoms with van der Waals surface area (Å²) in [7, 11) is 0. The highest BCUT2D eigenvalue weighted by Crippen LogP contribution is 2.38. The fraction of sp³-hybridized carbons (Fsp3) is 0.222. The van der Waals surface area contributed by atoms with Crippen LogP contribution in [-0.4, -0.2) is 35.3 Å². The van der Waals surface area contributed by atoms with Crippen molar-refractivity contribution in [2.75, 3.05) is 13.2 Å². The molecule has 3 N–H and O–H groups in total. The van der Waals surface area contributed by atoms with Crippen LogP contribution in [0.2, 0.25) is 0 Å². The Balaban J connectivity index is 1.64. The summed E-state index contributed by atoms with van der Waals surface area (Å²) in [6.07, 6.45) is -2.34. The number of alkyl halides is 3. The van der Waals surface area contributed by atoms with Crippen molar-refractivity contribution in [3.8, 4) is 16.9 Å². The molecule has 5 nitrogen and oxygen atoms in total. The van der Waals surface area contributed by atoms with E-state index < -0.39 is 23.7 Å². The molecular weight excluding hydrogens is 457 g/mol. The van der Waals surface area contributed by atoms with E-state index in [2.05, 4.69) is 10.3 Å². The van der Waals surface area contributed by atoms with Crippen LogP contribution >= 0.6 is 0 Å². The summed E-state index contributed by atoms with van der Waals surface area (Å²) in [4.78, 5) is 16.4. The smallest absolute Gasteiger partial charge is 0.417 e. The van der Waals surface area contributed by atoms with Crippen LogP contribution in [0.3, 0.4) is 0 Å². The van der Waals surface area contributed by atoms with Gasteiger partial charge in [-0.2, -0.15) is 13.2 Å². The van der Waals surface area contributed by atoms with E-state index >= 15 is 0 Å². The summed E-state index contributed by atoms with van der Waals surface area (Å²) < 4.78 is 46.3. The van der Waals surface area contributed by atoms with E-state index in [1.807, 2.05) is 30.5 Å². The molecule has 4 aromatic rings. The predicted octanol–water partition coefficient (Wildman–Crippen LogP) is 5.59. The minimum Gasteiger partial charge on any atom is -0.493 e. The second kappa shape index (κ2) is 10.2. The number of fused-ring (bicyclic) bond motifs is 1. The van der Waals surface area contributed by atoms with Crippen LogP contribution in [0.15, 0.2) is 72.9 Å². The number of aliphatic hydroxyl groups excluding tert-OH is 1. The Bertz CT molecular complexity index is 1330. The van der Waals surface area contributed by atoms with Gasteiger partial charge < -0.3 is 20.1 Å². The average Bonchev–Trinajstić information content (AvgIpc) is 3.26. The van der Waals surface area contributed by atoms with Crippen LogP contribution in [0, 0.1) is 0 Å². The Morgan fingerprint density at radius 3 is 2.57 bits per heavy atom. The molecule has 0 radical (unpaired) electrons. The van der Waals surface area contributed by atoms with Gasteiger partial charge in [0.1, 0.15) is 5.75 Å². The normalized spacial score (nSPS) is 12.5. The van der Waals surface area contributed by atoms with Crippen LogP contribution in [0.1, 0.15) is 28.4 Å². The van der Waals surface area contributed by atoms with E-state index in [9.17, 15) is 23.1 Å². The highest BCUT2D eigenvalue weighted by Gasteiger charge is 2.33. The lowest BCUT2D eigenvalue weighted by Gasteiger charge is -2.19. The largest absolute Gasteiger partial charge is 0.493 e. The zero-order valence-electron chi connectivity index (χ0n) is 19.0. The average molecular weight is 483 g/mol. The molecule has 4 rings (SSSR count). The minimum atomic E-state index is -4.54. The number of carbonyl (C=O) groups is 1. The maximum atomic E-state index is 13.6. The lowest BCUT2D eigenvalue weighted by molar-refractivity contribution is -0.137. The summed E-state index contributed by atoms with van der Waals surface area (Å²) in [6.45, 7) is 1.71. The number of aromatic nitrogens is 1. The van der Waals surface area contributed by atoms with Crippen molar-refractivity contribution in [2.45, 2.75) is 25.6 Å². The molecule has 8 heteroatoms. The number of aliphatic hydroxyl groups is 1. The molecule has 0 fully saturated rings. The van der Waals surface area contributed by atoms with Crippen molar-refractivity contribution in [3.05, 3.63) is 89.6 Å². The van der Waals surface area contributed by atoms with E-state index in [1.54, 1.807) is 6.92 Å². The Morgan fingerprint density at radius 1 is 1.09 bits per heavy atom. The molecule has 182 valence electrons. The van der Waals surface area contributed by atoms with Gasteiger partial charge in [-0.1, -0.05) is 42.5 Å². The van der Waals surface area contributed by atoms with Crippen molar-refractivity contribution in [2.24, 2.45) is 0 Å². The van der Waals surface area contributed by atoms with E-state index in [-0.39, 0.29) is 35.7 Å². The summed E-state index contributed by atoms with van der Waals surface area (Å²) in [6, 6.07) is 16.7. The number of hydrogen-bond donors (Lipinski definition) is 3. The quantitative estimate of drug-likeness (QED) is 0.307. The van der Waals surface area contributed by atoms with Gasteiger partial charge in [0.15, 0.2) is 0 Å². The number of H-pyrrole nitrogens is 1. The number of carbonyl (C=O) groups excluding carboxylic acids is 1. The highest BCUT2D eigenvalue weighted by molar-refractivity contribution is 5.98. The summed E-state index contributed by atoms with van der Waals surface area (Å²) in [5, 5.41) is 13.7. The number of hydrogen-bond acceptors (Lipinski definition) is 3. The van der Waals surface area contributed by atoms with E-state index in [4.69, 9.17) is 4.74 Å². The Labute approximate surface area is 200 Å². The molecule has 1 amide bonds. The van der Waals surface area contributed by atoms with Gasteiger partial charge in [-0.05, 0) is 54.3 Å². The second-order valence-corrected chi connectivity index (χ2v) is 8.10. The molecule has 0 saturated heterocycles. The van der Waals surface area contributed by atoms with Gasteiger partial charge in [0.2, 0.25) is 0 Å². The summed E-state index contributed by atoms with van der Waals surface area (Å²) in [5.41, 5.74) is 1.39. The van der Waals surface area contributed by atoms with Crippen LogP contribution in [-0.2, 0) is 12.6 Å². The molecule has 0 saturated carbocycles. The Morgan fingerprint density at radius 2 is 1.83 bits per heavy atom. The molecule has 0 aliphatic carbocycles. The van der Waals surface area contributed by atoms with E-state index in [0.717, 1.165) is 22.5 Å². The number of amides is 1. The van der Waals surface area contributed by atoms with Crippen molar-refractivity contribution in [1.82, 2.24) is 10.3 Å². The third-order valence-corrected chi connectivity index (χ3v) is 5.76. The van der Waals surface area contributed by atoms with Gasteiger partial charge in [0.25, 0.3) is 5.91 Å². The van der Waals surface area contributed by atoms with Crippen molar-refractivity contribution in [3.63, 3.8) is 0 Å². The van der Waals surface area contributed by atoms with Crippen molar-refractivity contribution < 1.29 is 27.8 Å². The molecule has 0 aliphatic heterocycles. The first-order valence-corrected chi connectivity index (χ1v) is 11.2. The van der Waals surface area contributed by atoms with Crippen LogP contribution < -0.4 is 10.1 Å². The maximum Gasteiger partial charge on any atom is 0.417 e. The van der Waals surface area contributed by atoms with Gasteiger partial charge in [0, 0.05) is 17.1 Å². The van der Waals surface area contributed by atoms with E-state index in [1.165, 1.54) is 36.4 Å². The van der Waals surface area contributed by atoms with Crippen LogP contribution in [0.5, 0.6) is 5.75 Å². The number of nitrogens with one attached hydrogen (secondary N) is 2.